The number of allylic oxidation sites excluding steroid dienone is 1. The molecule has 1 fully saturated rings. The highest BCUT2D eigenvalue weighted by Gasteiger charge is 2.41. The number of hydrogen-bond acceptors (Lipinski definition) is 2. The standard InChI is InChI=1S/C16H20N2O3/c1-2-8-16(11-13-6-4-3-5-7-13)12-18(15(20)21)10-9-17-14(16)19/h2-7H,1,8-12H2,(H,17,19)(H,20,21). The maximum atomic E-state index is 12.5. The van der Waals surface area contributed by atoms with Gasteiger partial charge in [-0.3, -0.25) is 4.79 Å². The lowest BCUT2D eigenvalue weighted by atomic mass is 9.77. The van der Waals surface area contributed by atoms with Gasteiger partial charge in [0.1, 0.15) is 0 Å². The van der Waals surface area contributed by atoms with Gasteiger partial charge < -0.3 is 15.3 Å². The molecule has 1 aromatic carbocycles. The second-order valence-electron chi connectivity index (χ2n) is 5.40. The molecule has 1 heterocycles. The van der Waals surface area contributed by atoms with Crippen LogP contribution in [0.3, 0.4) is 0 Å². The van der Waals surface area contributed by atoms with Crippen molar-refractivity contribution < 1.29 is 14.7 Å². The van der Waals surface area contributed by atoms with Gasteiger partial charge in [0.15, 0.2) is 0 Å². The third-order valence-corrected chi connectivity index (χ3v) is 3.83. The van der Waals surface area contributed by atoms with Crippen molar-refractivity contribution in [1.82, 2.24) is 10.2 Å². The third-order valence-electron chi connectivity index (χ3n) is 3.83. The van der Waals surface area contributed by atoms with Gasteiger partial charge in [0.2, 0.25) is 5.91 Å². The summed E-state index contributed by atoms with van der Waals surface area (Å²) in [5.74, 6) is -0.102. The van der Waals surface area contributed by atoms with E-state index in [2.05, 4.69) is 11.9 Å². The molecule has 5 nitrogen and oxygen atoms in total. The highest BCUT2D eigenvalue weighted by Crippen LogP contribution is 2.31. The minimum absolute atomic E-state index is 0.102. The Labute approximate surface area is 124 Å². The van der Waals surface area contributed by atoms with Crippen LogP contribution in [0.25, 0.3) is 0 Å². The second-order valence-corrected chi connectivity index (χ2v) is 5.40. The van der Waals surface area contributed by atoms with Crippen LogP contribution in [0.4, 0.5) is 4.79 Å². The van der Waals surface area contributed by atoms with Crippen molar-refractivity contribution in [3.8, 4) is 0 Å². The van der Waals surface area contributed by atoms with Crippen molar-refractivity contribution in [2.45, 2.75) is 12.8 Å². The van der Waals surface area contributed by atoms with Gasteiger partial charge in [0.05, 0.1) is 5.41 Å². The Bertz CT molecular complexity index is 530. The topological polar surface area (TPSA) is 69.6 Å². The van der Waals surface area contributed by atoms with Crippen molar-refractivity contribution >= 4 is 12.0 Å². The monoisotopic (exact) mass is 288 g/mol. The molecular formula is C16H20N2O3. The fourth-order valence-corrected chi connectivity index (χ4v) is 2.80. The van der Waals surface area contributed by atoms with E-state index in [0.717, 1.165) is 5.56 Å². The second kappa shape index (κ2) is 6.43. The zero-order valence-corrected chi connectivity index (χ0v) is 11.9. The summed E-state index contributed by atoms with van der Waals surface area (Å²) in [4.78, 5) is 25.1. The van der Waals surface area contributed by atoms with Crippen LogP contribution in [-0.4, -0.2) is 41.6 Å². The summed E-state index contributed by atoms with van der Waals surface area (Å²) in [6.45, 7) is 4.58. The predicted octanol–water partition coefficient (Wildman–Crippen LogP) is 1.90. The Morgan fingerprint density at radius 1 is 1.43 bits per heavy atom. The molecule has 0 radical (unpaired) electrons. The maximum Gasteiger partial charge on any atom is 0.407 e. The highest BCUT2D eigenvalue weighted by atomic mass is 16.4. The Hall–Kier alpha value is -2.30. The lowest BCUT2D eigenvalue weighted by Gasteiger charge is -2.32. The average Bonchev–Trinajstić information content (AvgIpc) is 2.61. The molecule has 0 saturated carbocycles. The number of benzene rings is 1. The Kier molecular flexibility index (Phi) is 4.62. The molecule has 0 aliphatic carbocycles. The Morgan fingerprint density at radius 2 is 2.14 bits per heavy atom. The molecule has 2 N–H and O–H groups in total. The number of carbonyl (C=O) groups excluding carboxylic acids is 1. The smallest absolute Gasteiger partial charge is 0.407 e. The molecule has 112 valence electrons. The minimum Gasteiger partial charge on any atom is -0.465 e. The van der Waals surface area contributed by atoms with E-state index < -0.39 is 11.5 Å². The van der Waals surface area contributed by atoms with Gasteiger partial charge in [-0.25, -0.2) is 4.79 Å². The van der Waals surface area contributed by atoms with E-state index in [9.17, 15) is 14.7 Å². The van der Waals surface area contributed by atoms with Crippen molar-refractivity contribution in [2.24, 2.45) is 5.41 Å². The quantitative estimate of drug-likeness (QED) is 0.831. The summed E-state index contributed by atoms with van der Waals surface area (Å²) in [7, 11) is 0. The third kappa shape index (κ3) is 3.42. The summed E-state index contributed by atoms with van der Waals surface area (Å²) in [6, 6.07) is 9.66. The molecule has 2 amide bonds. The molecule has 5 heteroatoms. The minimum atomic E-state index is -0.993. The van der Waals surface area contributed by atoms with Gasteiger partial charge in [0, 0.05) is 19.6 Å². The molecule has 1 aliphatic rings. The number of carbonyl (C=O) groups is 2. The molecule has 1 atom stereocenters. The first kappa shape index (κ1) is 15.1. The molecule has 21 heavy (non-hydrogen) atoms. The van der Waals surface area contributed by atoms with E-state index in [4.69, 9.17) is 0 Å². The number of amides is 2. The van der Waals surface area contributed by atoms with Crippen molar-refractivity contribution in [2.75, 3.05) is 19.6 Å². The van der Waals surface area contributed by atoms with E-state index in [1.165, 1.54) is 4.90 Å². The number of nitrogens with one attached hydrogen (secondary N) is 1. The van der Waals surface area contributed by atoms with Gasteiger partial charge in [0.25, 0.3) is 0 Å². The maximum absolute atomic E-state index is 12.5. The lowest BCUT2D eigenvalue weighted by molar-refractivity contribution is -0.130. The van der Waals surface area contributed by atoms with Crippen LogP contribution in [0.2, 0.25) is 0 Å². The zero-order chi connectivity index (χ0) is 15.3. The van der Waals surface area contributed by atoms with Gasteiger partial charge in [-0.2, -0.15) is 0 Å². The molecule has 2 rings (SSSR count). The van der Waals surface area contributed by atoms with E-state index in [0.29, 0.717) is 25.9 Å². The fraction of sp³-hybridized carbons (Fsp3) is 0.375. The highest BCUT2D eigenvalue weighted by molar-refractivity contribution is 5.84. The van der Waals surface area contributed by atoms with Gasteiger partial charge in [-0.05, 0) is 18.4 Å². The van der Waals surface area contributed by atoms with Crippen LogP contribution in [0.15, 0.2) is 43.0 Å². The van der Waals surface area contributed by atoms with E-state index in [1.807, 2.05) is 30.3 Å². The fourth-order valence-electron chi connectivity index (χ4n) is 2.80. The van der Waals surface area contributed by atoms with Crippen molar-refractivity contribution in [1.29, 1.82) is 0 Å². The van der Waals surface area contributed by atoms with E-state index in [-0.39, 0.29) is 12.5 Å². The van der Waals surface area contributed by atoms with Crippen LogP contribution in [0, 0.1) is 5.41 Å². The zero-order valence-electron chi connectivity index (χ0n) is 11.9. The van der Waals surface area contributed by atoms with Crippen LogP contribution in [-0.2, 0) is 11.2 Å². The average molecular weight is 288 g/mol. The van der Waals surface area contributed by atoms with Gasteiger partial charge >= 0.3 is 6.09 Å². The largest absolute Gasteiger partial charge is 0.465 e. The summed E-state index contributed by atoms with van der Waals surface area (Å²) in [6.07, 6.45) is 1.63. The molecule has 1 saturated heterocycles. The summed E-state index contributed by atoms with van der Waals surface area (Å²) in [5.41, 5.74) is 0.222. The molecule has 0 aromatic heterocycles. The first-order valence-corrected chi connectivity index (χ1v) is 6.98. The number of carboxylic acid groups (broad SMARTS) is 1. The van der Waals surface area contributed by atoms with Crippen molar-refractivity contribution in [3.05, 3.63) is 48.6 Å². The molecular weight excluding hydrogens is 268 g/mol. The normalized spacial score (nSPS) is 22.3. The molecule has 1 aromatic rings. The SMILES string of the molecule is C=CCC1(Cc2ccccc2)CN(C(=O)O)CCNC1=O. The molecule has 1 unspecified atom stereocenters. The summed E-state index contributed by atoms with van der Waals surface area (Å²) in [5, 5.41) is 12.1. The lowest BCUT2D eigenvalue weighted by Crippen LogP contribution is -2.46. The predicted molar refractivity (Wildman–Crippen MR) is 80.0 cm³/mol. The van der Waals surface area contributed by atoms with Crippen molar-refractivity contribution in [3.63, 3.8) is 0 Å². The summed E-state index contributed by atoms with van der Waals surface area (Å²) < 4.78 is 0. The first-order chi connectivity index (χ1) is 10.1. The van der Waals surface area contributed by atoms with Crippen LogP contribution < -0.4 is 5.32 Å². The van der Waals surface area contributed by atoms with Gasteiger partial charge in [-0.15, -0.1) is 6.58 Å². The van der Waals surface area contributed by atoms with E-state index in [1.54, 1.807) is 6.08 Å². The Balaban J connectivity index is 2.33. The van der Waals surface area contributed by atoms with Gasteiger partial charge in [-0.1, -0.05) is 36.4 Å². The van der Waals surface area contributed by atoms with Crippen LogP contribution in [0.1, 0.15) is 12.0 Å². The van der Waals surface area contributed by atoms with Crippen LogP contribution in [0.5, 0.6) is 0 Å². The molecule has 1 aliphatic heterocycles. The van der Waals surface area contributed by atoms with E-state index >= 15 is 0 Å². The molecule has 0 bridgehead atoms. The number of hydrogen-bond donors (Lipinski definition) is 2. The molecule has 0 spiro atoms. The Morgan fingerprint density at radius 3 is 2.76 bits per heavy atom. The van der Waals surface area contributed by atoms with Crippen LogP contribution >= 0.6 is 0 Å². The summed E-state index contributed by atoms with van der Waals surface area (Å²) >= 11 is 0. The number of rotatable bonds is 4. The number of nitrogens with zero attached hydrogens (tertiary/aromatic N) is 1. The first-order valence-electron chi connectivity index (χ1n) is 6.98.